The van der Waals surface area contributed by atoms with Gasteiger partial charge in [-0.2, -0.15) is 10.2 Å². The van der Waals surface area contributed by atoms with E-state index in [1.54, 1.807) is 10.4 Å². The fourth-order valence-corrected chi connectivity index (χ4v) is 4.01. The maximum Gasteiger partial charge on any atom is 0.0950 e. The number of thiophene rings is 1. The Morgan fingerprint density at radius 2 is 2.15 bits per heavy atom. The van der Waals surface area contributed by atoms with Crippen molar-refractivity contribution in [3.05, 3.63) is 51.8 Å². The summed E-state index contributed by atoms with van der Waals surface area (Å²) in [5.41, 5.74) is 3.56. The van der Waals surface area contributed by atoms with E-state index in [4.69, 9.17) is 0 Å². The second-order valence-electron chi connectivity index (χ2n) is 5.14. The molecule has 0 aliphatic heterocycles. The van der Waals surface area contributed by atoms with Gasteiger partial charge in [0.1, 0.15) is 0 Å². The van der Waals surface area contributed by atoms with E-state index in [9.17, 15) is 0 Å². The molecule has 20 heavy (non-hydrogen) atoms. The highest BCUT2D eigenvalue weighted by Gasteiger charge is 2.14. The molecule has 1 N–H and O–H groups in total. The van der Waals surface area contributed by atoms with Crippen LogP contribution in [-0.4, -0.2) is 10.2 Å². The van der Waals surface area contributed by atoms with Crippen molar-refractivity contribution in [2.24, 2.45) is 0 Å². The Bertz CT molecular complexity index is 737. The van der Waals surface area contributed by atoms with E-state index in [2.05, 4.69) is 27.6 Å². The molecule has 100 valence electrons. The third kappa shape index (κ3) is 2.06. The third-order valence-electron chi connectivity index (χ3n) is 3.80. The third-order valence-corrected chi connectivity index (χ3v) is 5.03. The lowest BCUT2D eigenvalue weighted by atomic mass is 10.2. The standard InChI is InChI=1S/C16H15N3S/c1-2-6-14-13(5-1)15(10-18-19-14)17-9-12-8-11-4-3-7-16(11)20-12/h1-2,5-6,8,10H,3-4,7,9H2,(H,17,19). The van der Waals surface area contributed by atoms with Crippen molar-refractivity contribution in [1.82, 2.24) is 10.2 Å². The molecule has 3 aromatic rings. The molecule has 3 nitrogen and oxygen atoms in total. The van der Waals surface area contributed by atoms with Crippen LogP contribution in [0.2, 0.25) is 0 Å². The van der Waals surface area contributed by atoms with Gasteiger partial charge < -0.3 is 5.32 Å². The van der Waals surface area contributed by atoms with Crippen LogP contribution < -0.4 is 5.32 Å². The summed E-state index contributed by atoms with van der Waals surface area (Å²) < 4.78 is 0. The Morgan fingerprint density at radius 3 is 3.10 bits per heavy atom. The minimum absolute atomic E-state index is 0.868. The zero-order valence-corrected chi connectivity index (χ0v) is 11.9. The molecule has 1 aliphatic carbocycles. The minimum Gasteiger partial charge on any atom is -0.378 e. The fourth-order valence-electron chi connectivity index (χ4n) is 2.81. The molecule has 0 fully saturated rings. The number of aryl methyl sites for hydroxylation is 2. The van der Waals surface area contributed by atoms with E-state index in [1.165, 1.54) is 24.1 Å². The Balaban J connectivity index is 1.58. The Hall–Kier alpha value is -1.94. The van der Waals surface area contributed by atoms with Crippen LogP contribution >= 0.6 is 11.3 Å². The fraction of sp³-hybridized carbons (Fsp3) is 0.250. The zero-order chi connectivity index (χ0) is 13.4. The largest absolute Gasteiger partial charge is 0.378 e. The molecule has 0 amide bonds. The van der Waals surface area contributed by atoms with Crippen LogP contribution in [0.3, 0.4) is 0 Å². The van der Waals surface area contributed by atoms with Crippen molar-refractivity contribution in [1.29, 1.82) is 0 Å². The maximum atomic E-state index is 4.15. The van der Waals surface area contributed by atoms with Crippen LogP contribution in [0.4, 0.5) is 5.69 Å². The maximum absolute atomic E-state index is 4.15. The lowest BCUT2D eigenvalue weighted by Gasteiger charge is -2.07. The van der Waals surface area contributed by atoms with Gasteiger partial charge in [0.25, 0.3) is 0 Å². The lowest BCUT2D eigenvalue weighted by molar-refractivity contribution is 0.913. The Kier molecular flexibility index (Phi) is 2.89. The number of hydrogen-bond donors (Lipinski definition) is 1. The average molecular weight is 281 g/mol. The van der Waals surface area contributed by atoms with Gasteiger partial charge in [-0.1, -0.05) is 18.2 Å². The van der Waals surface area contributed by atoms with Crippen LogP contribution in [0.15, 0.2) is 36.5 Å². The first-order chi connectivity index (χ1) is 9.90. The van der Waals surface area contributed by atoms with Gasteiger partial charge in [-0.3, -0.25) is 0 Å². The van der Waals surface area contributed by atoms with Gasteiger partial charge in [-0.05, 0) is 37.0 Å². The quantitative estimate of drug-likeness (QED) is 0.793. The van der Waals surface area contributed by atoms with E-state index in [1.807, 2.05) is 35.7 Å². The van der Waals surface area contributed by atoms with Gasteiger partial charge in [0.2, 0.25) is 0 Å². The molecule has 0 radical (unpaired) electrons. The molecule has 1 aromatic carbocycles. The lowest BCUT2D eigenvalue weighted by Crippen LogP contribution is -1.99. The van der Waals surface area contributed by atoms with Crippen molar-refractivity contribution in [3.8, 4) is 0 Å². The summed E-state index contributed by atoms with van der Waals surface area (Å²) in [6, 6.07) is 10.5. The number of anilines is 1. The molecule has 4 rings (SSSR count). The van der Waals surface area contributed by atoms with E-state index in [-0.39, 0.29) is 0 Å². The van der Waals surface area contributed by atoms with Gasteiger partial charge in [0.05, 0.1) is 17.4 Å². The van der Waals surface area contributed by atoms with Crippen molar-refractivity contribution >= 4 is 27.9 Å². The number of aromatic nitrogens is 2. The highest BCUT2D eigenvalue weighted by molar-refractivity contribution is 7.12. The first kappa shape index (κ1) is 11.9. The van der Waals surface area contributed by atoms with Crippen molar-refractivity contribution < 1.29 is 0 Å². The second-order valence-corrected chi connectivity index (χ2v) is 6.36. The smallest absolute Gasteiger partial charge is 0.0950 e. The Morgan fingerprint density at radius 1 is 1.20 bits per heavy atom. The van der Waals surface area contributed by atoms with E-state index >= 15 is 0 Å². The summed E-state index contributed by atoms with van der Waals surface area (Å²) >= 11 is 1.95. The molecule has 0 saturated carbocycles. The highest BCUT2D eigenvalue weighted by atomic mass is 32.1. The van der Waals surface area contributed by atoms with E-state index < -0.39 is 0 Å². The molecule has 0 bridgehead atoms. The predicted octanol–water partition coefficient (Wildman–Crippen LogP) is 3.79. The van der Waals surface area contributed by atoms with Gasteiger partial charge in [-0.15, -0.1) is 11.3 Å². The summed E-state index contributed by atoms with van der Waals surface area (Å²) in [7, 11) is 0. The summed E-state index contributed by atoms with van der Waals surface area (Å²) in [6.07, 6.45) is 5.66. The van der Waals surface area contributed by atoms with E-state index in [0.29, 0.717) is 0 Å². The van der Waals surface area contributed by atoms with Crippen molar-refractivity contribution in [2.75, 3.05) is 5.32 Å². The minimum atomic E-state index is 0.868. The van der Waals surface area contributed by atoms with Crippen LogP contribution in [0.5, 0.6) is 0 Å². The topological polar surface area (TPSA) is 37.8 Å². The number of benzene rings is 1. The number of fused-ring (bicyclic) bond motifs is 2. The molecule has 4 heteroatoms. The van der Waals surface area contributed by atoms with Crippen molar-refractivity contribution in [3.63, 3.8) is 0 Å². The molecule has 2 aromatic heterocycles. The summed E-state index contributed by atoms with van der Waals surface area (Å²) in [5, 5.41) is 12.8. The molecule has 0 unspecified atom stereocenters. The predicted molar refractivity (Wildman–Crippen MR) is 83.2 cm³/mol. The van der Waals surface area contributed by atoms with Crippen molar-refractivity contribution in [2.45, 2.75) is 25.8 Å². The van der Waals surface area contributed by atoms with Crippen LogP contribution in [0, 0.1) is 0 Å². The molecule has 1 aliphatic rings. The summed E-state index contributed by atoms with van der Waals surface area (Å²) in [6.45, 7) is 0.868. The Labute approximate surface area is 121 Å². The van der Waals surface area contributed by atoms with Gasteiger partial charge in [0, 0.05) is 21.7 Å². The normalized spacial score (nSPS) is 13.6. The van der Waals surface area contributed by atoms with Gasteiger partial charge in [0.15, 0.2) is 0 Å². The number of nitrogens with zero attached hydrogens (tertiary/aromatic N) is 2. The molecule has 0 saturated heterocycles. The van der Waals surface area contributed by atoms with Crippen LogP contribution in [0.25, 0.3) is 10.9 Å². The van der Waals surface area contributed by atoms with E-state index in [0.717, 1.165) is 23.1 Å². The average Bonchev–Trinajstić information content (AvgIpc) is 3.06. The molecule has 0 spiro atoms. The summed E-state index contributed by atoms with van der Waals surface area (Å²) in [4.78, 5) is 3.00. The molecule has 0 atom stereocenters. The van der Waals surface area contributed by atoms with Crippen LogP contribution in [0.1, 0.15) is 21.7 Å². The highest BCUT2D eigenvalue weighted by Crippen LogP contribution is 2.31. The number of rotatable bonds is 3. The van der Waals surface area contributed by atoms with Gasteiger partial charge >= 0.3 is 0 Å². The molecular formula is C16H15N3S. The van der Waals surface area contributed by atoms with Crippen LogP contribution in [-0.2, 0) is 19.4 Å². The second kappa shape index (κ2) is 4.87. The monoisotopic (exact) mass is 281 g/mol. The first-order valence-corrected chi connectivity index (χ1v) is 7.76. The van der Waals surface area contributed by atoms with Gasteiger partial charge in [-0.25, -0.2) is 0 Å². The molecular weight excluding hydrogens is 266 g/mol. The SMILES string of the molecule is c1ccc2c(NCc3cc4c(s3)CCC4)cnnc2c1. The first-order valence-electron chi connectivity index (χ1n) is 6.95. The number of nitrogens with one attached hydrogen (secondary N) is 1. The molecule has 2 heterocycles. The number of hydrogen-bond acceptors (Lipinski definition) is 4. The zero-order valence-electron chi connectivity index (χ0n) is 11.1. The summed E-state index contributed by atoms with van der Waals surface area (Å²) in [5.74, 6) is 0.